The fraction of sp³-hybridized carbons (Fsp3) is 0.100. The maximum atomic E-state index is 10.4. The van der Waals surface area contributed by atoms with E-state index in [1.54, 1.807) is 35.6 Å². The summed E-state index contributed by atoms with van der Waals surface area (Å²) in [6.45, 7) is 0.445. The Kier molecular flexibility index (Phi) is 3.24. The minimum absolute atomic E-state index is 0.409. The second kappa shape index (κ2) is 4.84. The maximum absolute atomic E-state index is 10.4. The standard InChI is InChI=1S/C10H9ClN4O2/c11-8-1-2-9(13-5-8)6-14-4-3-12-10(14)7-15(16)17/h1-5,7,12H,6H2/b10-7+. The summed E-state index contributed by atoms with van der Waals surface area (Å²) in [6.07, 6.45) is 5.80. The van der Waals surface area contributed by atoms with Crippen LogP contribution in [0.15, 0.2) is 42.8 Å². The second-order valence-corrected chi connectivity index (χ2v) is 3.79. The van der Waals surface area contributed by atoms with Gasteiger partial charge in [0.25, 0.3) is 6.20 Å². The summed E-state index contributed by atoms with van der Waals surface area (Å²) in [5.74, 6) is 0.409. The molecule has 0 fully saturated rings. The summed E-state index contributed by atoms with van der Waals surface area (Å²) >= 11 is 5.72. The zero-order valence-corrected chi connectivity index (χ0v) is 9.46. The van der Waals surface area contributed by atoms with Crippen LogP contribution in [-0.2, 0) is 6.54 Å². The molecule has 0 saturated carbocycles. The molecule has 0 bridgehead atoms. The van der Waals surface area contributed by atoms with Crippen molar-refractivity contribution in [2.45, 2.75) is 6.54 Å². The average Bonchev–Trinajstić information content (AvgIpc) is 2.68. The largest absolute Gasteiger partial charge is 0.341 e. The zero-order valence-electron chi connectivity index (χ0n) is 8.71. The predicted molar refractivity (Wildman–Crippen MR) is 62.1 cm³/mol. The summed E-state index contributed by atoms with van der Waals surface area (Å²) in [4.78, 5) is 15.7. The molecule has 0 atom stereocenters. The summed E-state index contributed by atoms with van der Waals surface area (Å²) in [7, 11) is 0. The molecule has 7 heteroatoms. The normalized spacial score (nSPS) is 16.3. The summed E-state index contributed by atoms with van der Waals surface area (Å²) in [6, 6.07) is 3.51. The molecule has 1 aromatic heterocycles. The van der Waals surface area contributed by atoms with Crippen LogP contribution in [0.2, 0.25) is 5.02 Å². The number of aromatic nitrogens is 1. The van der Waals surface area contributed by atoms with Gasteiger partial charge in [0, 0.05) is 18.6 Å². The molecule has 1 aromatic rings. The quantitative estimate of drug-likeness (QED) is 0.655. The van der Waals surface area contributed by atoms with Crippen LogP contribution in [0, 0.1) is 10.1 Å². The molecule has 1 aliphatic heterocycles. The van der Waals surface area contributed by atoms with E-state index in [2.05, 4.69) is 10.3 Å². The van der Waals surface area contributed by atoms with Crippen LogP contribution in [0.1, 0.15) is 5.69 Å². The Hall–Kier alpha value is -2.08. The van der Waals surface area contributed by atoms with E-state index in [0.717, 1.165) is 11.9 Å². The second-order valence-electron chi connectivity index (χ2n) is 3.36. The molecule has 0 aromatic carbocycles. The highest BCUT2D eigenvalue weighted by atomic mass is 35.5. The lowest BCUT2D eigenvalue weighted by atomic mass is 10.3. The molecule has 0 radical (unpaired) electrons. The third-order valence-electron chi connectivity index (χ3n) is 2.14. The molecule has 1 N–H and O–H groups in total. The van der Waals surface area contributed by atoms with Crippen molar-refractivity contribution in [3.05, 3.63) is 63.6 Å². The first-order valence-electron chi connectivity index (χ1n) is 4.81. The maximum Gasteiger partial charge on any atom is 0.274 e. The average molecular weight is 253 g/mol. The van der Waals surface area contributed by atoms with Crippen LogP contribution in [0.3, 0.4) is 0 Å². The van der Waals surface area contributed by atoms with Gasteiger partial charge >= 0.3 is 0 Å². The summed E-state index contributed by atoms with van der Waals surface area (Å²) in [5.41, 5.74) is 0.775. The van der Waals surface area contributed by atoms with Crippen LogP contribution in [0.4, 0.5) is 0 Å². The zero-order chi connectivity index (χ0) is 12.3. The number of rotatable bonds is 3. The van der Waals surface area contributed by atoms with Crippen LogP contribution in [0.5, 0.6) is 0 Å². The van der Waals surface area contributed by atoms with Gasteiger partial charge in [-0.1, -0.05) is 11.6 Å². The van der Waals surface area contributed by atoms with E-state index in [9.17, 15) is 10.1 Å². The van der Waals surface area contributed by atoms with Crippen LogP contribution in [-0.4, -0.2) is 14.8 Å². The molecule has 2 heterocycles. The predicted octanol–water partition coefficient (Wildman–Crippen LogP) is 1.69. The van der Waals surface area contributed by atoms with Gasteiger partial charge in [0.05, 0.1) is 22.2 Å². The Morgan fingerprint density at radius 3 is 3.06 bits per heavy atom. The van der Waals surface area contributed by atoms with Gasteiger partial charge in [0.1, 0.15) is 0 Å². The minimum atomic E-state index is -0.502. The molecule has 0 amide bonds. The highest BCUT2D eigenvalue weighted by Crippen LogP contribution is 2.14. The van der Waals surface area contributed by atoms with Gasteiger partial charge in [0.15, 0.2) is 5.82 Å². The Morgan fingerprint density at radius 2 is 2.41 bits per heavy atom. The van der Waals surface area contributed by atoms with Crippen LogP contribution < -0.4 is 5.32 Å². The number of nitro groups is 1. The van der Waals surface area contributed by atoms with E-state index in [0.29, 0.717) is 17.4 Å². The molecule has 0 unspecified atom stereocenters. The molecule has 17 heavy (non-hydrogen) atoms. The molecule has 88 valence electrons. The van der Waals surface area contributed by atoms with Gasteiger partial charge in [-0.2, -0.15) is 0 Å². The smallest absolute Gasteiger partial charge is 0.274 e. The Balaban J connectivity index is 2.10. The Morgan fingerprint density at radius 1 is 1.59 bits per heavy atom. The Bertz CT molecular complexity index is 484. The van der Waals surface area contributed by atoms with Gasteiger partial charge in [-0.15, -0.1) is 0 Å². The number of halogens is 1. The summed E-state index contributed by atoms with van der Waals surface area (Å²) < 4.78 is 0. The van der Waals surface area contributed by atoms with E-state index in [1.807, 2.05) is 0 Å². The van der Waals surface area contributed by atoms with Crippen molar-refractivity contribution in [2.24, 2.45) is 0 Å². The van der Waals surface area contributed by atoms with E-state index in [1.165, 1.54) is 0 Å². The molecular weight excluding hydrogens is 244 g/mol. The van der Waals surface area contributed by atoms with Crippen molar-refractivity contribution in [3.63, 3.8) is 0 Å². The first-order chi connectivity index (χ1) is 8.15. The fourth-order valence-electron chi connectivity index (χ4n) is 1.40. The van der Waals surface area contributed by atoms with Crippen molar-refractivity contribution < 1.29 is 4.92 Å². The fourth-order valence-corrected chi connectivity index (χ4v) is 1.51. The third-order valence-corrected chi connectivity index (χ3v) is 2.37. The van der Waals surface area contributed by atoms with Gasteiger partial charge in [0.2, 0.25) is 0 Å². The van der Waals surface area contributed by atoms with Crippen molar-refractivity contribution in [2.75, 3.05) is 0 Å². The van der Waals surface area contributed by atoms with Crippen molar-refractivity contribution >= 4 is 11.6 Å². The molecule has 1 aliphatic rings. The molecule has 2 rings (SSSR count). The first kappa shape index (κ1) is 11.4. The van der Waals surface area contributed by atoms with Crippen molar-refractivity contribution in [3.8, 4) is 0 Å². The number of hydrogen-bond donors (Lipinski definition) is 1. The number of pyridine rings is 1. The monoisotopic (exact) mass is 252 g/mol. The number of nitrogens with zero attached hydrogens (tertiary/aromatic N) is 3. The van der Waals surface area contributed by atoms with Gasteiger partial charge < -0.3 is 10.2 Å². The van der Waals surface area contributed by atoms with Crippen LogP contribution >= 0.6 is 11.6 Å². The molecular formula is C10H9ClN4O2. The first-order valence-corrected chi connectivity index (χ1v) is 5.18. The van der Waals surface area contributed by atoms with Crippen molar-refractivity contribution in [1.82, 2.24) is 15.2 Å². The lowest BCUT2D eigenvalue weighted by molar-refractivity contribution is -0.404. The lowest BCUT2D eigenvalue weighted by Gasteiger charge is -2.15. The minimum Gasteiger partial charge on any atom is -0.341 e. The van der Waals surface area contributed by atoms with E-state index >= 15 is 0 Å². The van der Waals surface area contributed by atoms with Gasteiger partial charge in [-0.25, -0.2) is 0 Å². The van der Waals surface area contributed by atoms with Crippen molar-refractivity contribution in [1.29, 1.82) is 0 Å². The SMILES string of the molecule is O=[N+]([O-])/C=C1\NC=CN1Cc1ccc(Cl)cn1. The third kappa shape index (κ3) is 2.94. The van der Waals surface area contributed by atoms with Gasteiger partial charge in [-0.3, -0.25) is 15.1 Å². The highest BCUT2D eigenvalue weighted by molar-refractivity contribution is 6.30. The lowest BCUT2D eigenvalue weighted by Crippen LogP contribution is -2.19. The number of hydrogen-bond acceptors (Lipinski definition) is 5. The molecule has 0 saturated heterocycles. The van der Waals surface area contributed by atoms with Crippen LogP contribution in [0.25, 0.3) is 0 Å². The highest BCUT2D eigenvalue weighted by Gasteiger charge is 2.15. The Labute approximate surface area is 102 Å². The van der Waals surface area contributed by atoms with E-state index in [4.69, 9.17) is 11.6 Å². The topological polar surface area (TPSA) is 71.3 Å². The summed E-state index contributed by atoms with van der Waals surface area (Å²) in [5, 5.41) is 13.7. The molecule has 0 aliphatic carbocycles. The molecule has 6 nitrogen and oxygen atoms in total. The molecule has 0 spiro atoms. The van der Waals surface area contributed by atoms with Gasteiger partial charge in [-0.05, 0) is 12.1 Å². The van der Waals surface area contributed by atoms with E-state index < -0.39 is 4.92 Å². The number of nitrogens with one attached hydrogen (secondary N) is 1. The van der Waals surface area contributed by atoms with E-state index in [-0.39, 0.29) is 0 Å².